The minimum Gasteiger partial charge on any atom is -0.504 e. The van der Waals surface area contributed by atoms with Gasteiger partial charge in [-0.3, -0.25) is 4.79 Å². The van der Waals surface area contributed by atoms with Crippen molar-refractivity contribution in [2.45, 2.75) is 39.5 Å². The number of rotatable bonds is 8. The third-order valence-electron chi connectivity index (χ3n) is 4.49. The molecule has 0 saturated carbocycles. The molecule has 1 unspecified atom stereocenters. The molecule has 0 saturated heterocycles. The van der Waals surface area contributed by atoms with Crippen molar-refractivity contribution >= 4 is 52.2 Å². The number of amides is 3. The standard InChI is InChI=1S/C21H25Cl2N3O3/c1-3-5-6-13(4-2)20(28)25-16-11-12-17(19(27)18(16)23)26-21(29)24-15-9-7-14(22)8-10-15/h7-13,27H,3-6H2,1-2H3,(H,25,28)(H2,24,26,29). The van der Waals surface area contributed by atoms with Crippen molar-refractivity contribution in [1.29, 1.82) is 0 Å². The summed E-state index contributed by atoms with van der Waals surface area (Å²) in [5.74, 6) is -0.572. The van der Waals surface area contributed by atoms with Crippen molar-refractivity contribution in [1.82, 2.24) is 0 Å². The maximum absolute atomic E-state index is 12.5. The summed E-state index contributed by atoms with van der Waals surface area (Å²) in [6.07, 6.45) is 3.51. The zero-order chi connectivity index (χ0) is 21.4. The molecule has 6 nitrogen and oxygen atoms in total. The number of urea groups is 1. The van der Waals surface area contributed by atoms with E-state index in [-0.39, 0.29) is 28.3 Å². The first-order valence-corrected chi connectivity index (χ1v) is 10.3. The molecule has 0 bridgehead atoms. The van der Waals surface area contributed by atoms with E-state index in [4.69, 9.17) is 23.2 Å². The van der Waals surface area contributed by atoms with Crippen LogP contribution >= 0.6 is 23.2 Å². The lowest BCUT2D eigenvalue weighted by atomic mass is 9.98. The van der Waals surface area contributed by atoms with Crippen LogP contribution in [-0.2, 0) is 4.79 Å². The van der Waals surface area contributed by atoms with Crippen LogP contribution in [0.2, 0.25) is 10.0 Å². The highest BCUT2D eigenvalue weighted by Crippen LogP contribution is 2.38. The van der Waals surface area contributed by atoms with Crippen molar-refractivity contribution in [3.8, 4) is 5.75 Å². The van der Waals surface area contributed by atoms with Crippen LogP contribution in [0.15, 0.2) is 36.4 Å². The predicted octanol–water partition coefficient (Wildman–Crippen LogP) is 6.50. The molecule has 0 spiro atoms. The van der Waals surface area contributed by atoms with Crippen LogP contribution in [0.25, 0.3) is 0 Å². The molecule has 2 rings (SSSR count). The maximum Gasteiger partial charge on any atom is 0.323 e. The third kappa shape index (κ3) is 6.54. The summed E-state index contributed by atoms with van der Waals surface area (Å²) in [6, 6.07) is 9.06. The Bertz CT molecular complexity index is 857. The minimum atomic E-state index is -0.555. The Hall–Kier alpha value is -2.44. The molecule has 156 valence electrons. The number of phenols is 1. The second kappa shape index (κ2) is 10.9. The van der Waals surface area contributed by atoms with Gasteiger partial charge in [0.1, 0.15) is 5.02 Å². The van der Waals surface area contributed by atoms with Gasteiger partial charge in [-0.15, -0.1) is 0 Å². The fourth-order valence-corrected chi connectivity index (χ4v) is 3.12. The Kier molecular flexibility index (Phi) is 8.61. The average molecular weight is 438 g/mol. The van der Waals surface area contributed by atoms with E-state index in [1.807, 2.05) is 6.92 Å². The number of aromatic hydroxyl groups is 1. The molecule has 0 aromatic heterocycles. The van der Waals surface area contributed by atoms with Gasteiger partial charge in [0, 0.05) is 16.6 Å². The van der Waals surface area contributed by atoms with E-state index < -0.39 is 6.03 Å². The number of hydrogen-bond donors (Lipinski definition) is 4. The van der Waals surface area contributed by atoms with Gasteiger partial charge in [0.2, 0.25) is 5.91 Å². The zero-order valence-corrected chi connectivity index (χ0v) is 17.9. The lowest BCUT2D eigenvalue weighted by molar-refractivity contribution is -0.120. The van der Waals surface area contributed by atoms with E-state index in [2.05, 4.69) is 22.9 Å². The highest BCUT2D eigenvalue weighted by molar-refractivity contribution is 6.35. The van der Waals surface area contributed by atoms with Crippen molar-refractivity contribution in [3.05, 3.63) is 46.4 Å². The van der Waals surface area contributed by atoms with Crippen LogP contribution in [0.3, 0.4) is 0 Å². The fourth-order valence-electron chi connectivity index (χ4n) is 2.79. The molecule has 0 heterocycles. The molecule has 0 aliphatic heterocycles. The normalized spacial score (nSPS) is 11.6. The van der Waals surface area contributed by atoms with Gasteiger partial charge in [-0.2, -0.15) is 0 Å². The van der Waals surface area contributed by atoms with Crippen LogP contribution in [0.1, 0.15) is 39.5 Å². The summed E-state index contributed by atoms with van der Waals surface area (Å²) in [4.78, 5) is 24.6. The van der Waals surface area contributed by atoms with Crippen LogP contribution in [-0.4, -0.2) is 17.0 Å². The first-order chi connectivity index (χ1) is 13.8. The Morgan fingerprint density at radius 1 is 0.966 bits per heavy atom. The lowest BCUT2D eigenvalue weighted by Crippen LogP contribution is -2.22. The van der Waals surface area contributed by atoms with E-state index in [1.54, 1.807) is 30.3 Å². The molecule has 0 aliphatic carbocycles. The number of carbonyl (C=O) groups is 2. The van der Waals surface area contributed by atoms with E-state index in [0.29, 0.717) is 16.4 Å². The highest BCUT2D eigenvalue weighted by atomic mass is 35.5. The van der Waals surface area contributed by atoms with Crippen LogP contribution in [0.4, 0.5) is 21.9 Å². The minimum absolute atomic E-state index is 0.0343. The summed E-state index contributed by atoms with van der Waals surface area (Å²) in [5, 5.41) is 18.8. The van der Waals surface area contributed by atoms with Crippen molar-refractivity contribution < 1.29 is 14.7 Å². The van der Waals surface area contributed by atoms with Gasteiger partial charge in [0.15, 0.2) is 5.75 Å². The molecule has 8 heteroatoms. The molecule has 2 aromatic rings. The Balaban J connectivity index is 2.05. The molecule has 0 fully saturated rings. The summed E-state index contributed by atoms with van der Waals surface area (Å²) >= 11 is 12.0. The van der Waals surface area contributed by atoms with Crippen LogP contribution < -0.4 is 16.0 Å². The highest BCUT2D eigenvalue weighted by Gasteiger charge is 2.19. The molecule has 29 heavy (non-hydrogen) atoms. The fraction of sp³-hybridized carbons (Fsp3) is 0.333. The number of anilines is 3. The predicted molar refractivity (Wildman–Crippen MR) is 119 cm³/mol. The van der Waals surface area contributed by atoms with E-state index >= 15 is 0 Å². The maximum atomic E-state index is 12.5. The van der Waals surface area contributed by atoms with E-state index in [1.165, 1.54) is 6.07 Å². The zero-order valence-electron chi connectivity index (χ0n) is 16.4. The number of unbranched alkanes of at least 4 members (excludes halogenated alkanes) is 1. The number of benzene rings is 2. The molecule has 3 amide bonds. The Labute approximate surface area is 180 Å². The van der Waals surface area contributed by atoms with Crippen molar-refractivity contribution in [3.63, 3.8) is 0 Å². The van der Waals surface area contributed by atoms with Crippen LogP contribution in [0.5, 0.6) is 5.75 Å². The average Bonchev–Trinajstić information content (AvgIpc) is 2.70. The molecular formula is C21H25Cl2N3O3. The SMILES string of the molecule is CCCCC(CC)C(=O)Nc1ccc(NC(=O)Nc2ccc(Cl)cc2)c(O)c1Cl. The first-order valence-electron chi connectivity index (χ1n) is 9.51. The number of hydrogen-bond acceptors (Lipinski definition) is 3. The molecular weight excluding hydrogens is 413 g/mol. The molecule has 0 aliphatic rings. The lowest BCUT2D eigenvalue weighted by Gasteiger charge is -2.17. The topological polar surface area (TPSA) is 90.5 Å². The second-order valence-corrected chi connectivity index (χ2v) is 7.46. The number of carbonyl (C=O) groups excluding carboxylic acids is 2. The summed E-state index contributed by atoms with van der Waals surface area (Å²) in [5.41, 5.74) is 0.962. The third-order valence-corrected chi connectivity index (χ3v) is 5.13. The Morgan fingerprint density at radius 2 is 1.62 bits per heavy atom. The summed E-state index contributed by atoms with van der Waals surface area (Å²) in [6.45, 7) is 4.04. The largest absolute Gasteiger partial charge is 0.504 e. The van der Waals surface area contributed by atoms with E-state index in [0.717, 1.165) is 25.7 Å². The molecule has 1 atom stereocenters. The number of nitrogens with one attached hydrogen (secondary N) is 3. The van der Waals surface area contributed by atoms with Gasteiger partial charge < -0.3 is 21.1 Å². The van der Waals surface area contributed by atoms with Crippen LogP contribution in [0, 0.1) is 5.92 Å². The quantitative estimate of drug-likeness (QED) is 0.355. The van der Waals surface area contributed by atoms with E-state index in [9.17, 15) is 14.7 Å². The molecule has 4 N–H and O–H groups in total. The molecule has 2 aromatic carbocycles. The van der Waals surface area contributed by atoms with Gasteiger partial charge in [0.25, 0.3) is 0 Å². The smallest absolute Gasteiger partial charge is 0.323 e. The van der Waals surface area contributed by atoms with Gasteiger partial charge in [0.05, 0.1) is 11.4 Å². The first kappa shape index (κ1) is 22.8. The number of halogens is 2. The summed E-state index contributed by atoms with van der Waals surface area (Å²) in [7, 11) is 0. The van der Waals surface area contributed by atoms with Gasteiger partial charge >= 0.3 is 6.03 Å². The van der Waals surface area contributed by atoms with Gasteiger partial charge in [-0.25, -0.2) is 4.79 Å². The second-order valence-electron chi connectivity index (χ2n) is 6.65. The summed E-state index contributed by atoms with van der Waals surface area (Å²) < 4.78 is 0. The van der Waals surface area contributed by atoms with Gasteiger partial charge in [-0.05, 0) is 49.2 Å². The van der Waals surface area contributed by atoms with Crippen molar-refractivity contribution in [2.24, 2.45) is 5.92 Å². The molecule has 0 radical (unpaired) electrons. The monoisotopic (exact) mass is 437 g/mol. The number of phenolic OH excluding ortho intramolecular Hbond substituents is 1. The van der Waals surface area contributed by atoms with Gasteiger partial charge in [-0.1, -0.05) is 49.9 Å². The van der Waals surface area contributed by atoms with Crippen molar-refractivity contribution in [2.75, 3.05) is 16.0 Å². The Morgan fingerprint density at radius 3 is 2.24 bits per heavy atom.